The molecule has 0 amide bonds. The number of halogens is 4. The average molecular weight is 299 g/mol. The van der Waals surface area contributed by atoms with E-state index < -0.39 is 23.4 Å². The lowest BCUT2D eigenvalue weighted by atomic mass is 10.2. The van der Waals surface area contributed by atoms with Crippen LogP contribution in [0, 0.1) is 5.82 Å². The van der Waals surface area contributed by atoms with E-state index in [4.69, 9.17) is 4.74 Å². The van der Waals surface area contributed by atoms with Gasteiger partial charge in [0.2, 0.25) is 0 Å². The highest BCUT2D eigenvalue weighted by molar-refractivity contribution is 5.74. The van der Waals surface area contributed by atoms with Crippen molar-refractivity contribution in [1.82, 2.24) is 15.3 Å². The Balaban J connectivity index is 1.90. The van der Waals surface area contributed by atoms with Crippen molar-refractivity contribution in [2.45, 2.75) is 6.18 Å². The van der Waals surface area contributed by atoms with Crippen LogP contribution in [-0.4, -0.2) is 15.3 Å². The first-order valence-electron chi connectivity index (χ1n) is 5.56. The normalized spacial score (nSPS) is 11.8. The summed E-state index contributed by atoms with van der Waals surface area (Å²) >= 11 is 0. The number of aromatic nitrogens is 3. The Morgan fingerprint density at radius 2 is 1.81 bits per heavy atom. The van der Waals surface area contributed by atoms with E-state index in [0.29, 0.717) is 23.3 Å². The number of benzene rings is 1. The largest absolute Gasteiger partial charge is 0.436 e. The van der Waals surface area contributed by atoms with E-state index in [9.17, 15) is 17.6 Å². The maximum absolute atomic E-state index is 13.6. The Labute approximate surface area is 114 Å². The van der Waals surface area contributed by atoms with Gasteiger partial charge in [0.1, 0.15) is 16.8 Å². The van der Waals surface area contributed by atoms with Gasteiger partial charge in [-0.2, -0.15) is 13.2 Å². The van der Waals surface area contributed by atoms with Crippen molar-refractivity contribution >= 4 is 11.0 Å². The third-order valence-electron chi connectivity index (χ3n) is 2.57. The quantitative estimate of drug-likeness (QED) is 0.677. The second-order valence-electron chi connectivity index (χ2n) is 4.03. The van der Waals surface area contributed by atoms with Gasteiger partial charge in [0.25, 0.3) is 5.88 Å². The van der Waals surface area contributed by atoms with Crippen molar-refractivity contribution in [3.05, 3.63) is 41.8 Å². The minimum Gasteiger partial charge on any atom is -0.436 e. The second kappa shape index (κ2) is 4.69. The SMILES string of the molecule is Fc1cc(C(F)(F)F)cnc1Oc1ccc2nonc2c1. The minimum absolute atomic E-state index is 0.143. The molecule has 0 saturated carbocycles. The molecule has 0 spiro atoms. The van der Waals surface area contributed by atoms with Gasteiger partial charge in [-0.05, 0) is 28.5 Å². The molecular formula is C12H5F4N3O2. The van der Waals surface area contributed by atoms with Gasteiger partial charge < -0.3 is 4.74 Å². The molecule has 0 bridgehead atoms. The molecule has 0 atom stereocenters. The Morgan fingerprint density at radius 3 is 2.52 bits per heavy atom. The van der Waals surface area contributed by atoms with Crippen LogP contribution in [0.25, 0.3) is 11.0 Å². The van der Waals surface area contributed by atoms with Gasteiger partial charge in [-0.3, -0.25) is 0 Å². The number of nitrogens with zero attached hydrogens (tertiary/aromatic N) is 3. The van der Waals surface area contributed by atoms with Gasteiger partial charge in [0.05, 0.1) is 5.56 Å². The number of fused-ring (bicyclic) bond motifs is 1. The summed E-state index contributed by atoms with van der Waals surface area (Å²) in [5.41, 5.74) is -0.369. The first-order chi connectivity index (χ1) is 9.93. The predicted molar refractivity (Wildman–Crippen MR) is 61.1 cm³/mol. The molecule has 0 aliphatic carbocycles. The first-order valence-corrected chi connectivity index (χ1v) is 5.56. The van der Waals surface area contributed by atoms with E-state index in [2.05, 4.69) is 19.9 Å². The fourth-order valence-corrected chi connectivity index (χ4v) is 1.59. The summed E-state index contributed by atoms with van der Waals surface area (Å²) in [5.74, 6) is -1.65. The van der Waals surface area contributed by atoms with Crippen LogP contribution in [0.1, 0.15) is 5.56 Å². The average Bonchev–Trinajstić information content (AvgIpc) is 2.87. The highest BCUT2D eigenvalue weighted by atomic mass is 19.4. The van der Waals surface area contributed by atoms with Gasteiger partial charge >= 0.3 is 6.18 Å². The zero-order chi connectivity index (χ0) is 15.0. The highest BCUT2D eigenvalue weighted by Crippen LogP contribution is 2.32. The Morgan fingerprint density at radius 1 is 1.05 bits per heavy atom. The van der Waals surface area contributed by atoms with Crippen LogP contribution in [0.2, 0.25) is 0 Å². The molecule has 5 nitrogen and oxygen atoms in total. The fraction of sp³-hybridized carbons (Fsp3) is 0.0833. The summed E-state index contributed by atoms with van der Waals surface area (Å²) in [5, 5.41) is 7.13. The summed E-state index contributed by atoms with van der Waals surface area (Å²) < 4.78 is 60.3. The van der Waals surface area contributed by atoms with Gasteiger partial charge in [-0.1, -0.05) is 0 Å². The molecule has 2 aromatic heterocycles. The molecule has 9 heteroatoms. The lowest BCUT2D eigenvalue weighted by Gasteiger charge is -2.09. The van der Waals surface area contributed by atoms with Crippen molar-refractivity contribution in [2.75, 3.05) is 0 Å². The second-order valence-corrected chi connectivity index (χ2v) is 4.03. The molecule has 0 unspecified atom stereocenters. The summed E-state index contributed by atoms with van der Waals surface area (Å²) in [7, 11) is 0. The van der Waals surface area contributed by atoms with Gasteiger partial charge in [0.15, 0.2) is 5.82 Å². The number of hydrogen-bond donors (Lipinski definition) is 0. The topological polar surface area (TPSA) is 61.0 Å². The maximum atomic E-state index is 13.6. The Hall–Kier alpha value is -2.71. The van der Waals surface area contributed by atoms with Crippen molar-refractivity contribution in [3.63, 3.8) is 0 Å². The maximum Gasteiger partial charge on any atom is 0.417 e. The molecule has 21 heavy (non-hydrogen) atoms. The lowest BCUT2D eigenvalue weighted by Crippen LogP contribution is -2.06. The van der Waals surface area contributed by atoms with Crippen LogP contribution in [0.5, 0.6) is 11.6 Å². The molecule has 0 aliphatic rings. The molecule has 3 aromatic rings. The van der Waals surface area contributed by atoms with E-state index in [1.807, 2.05) is 0 Å². The van der Waals surface area contributed by atoms with E-state index in [1.165, 1.54) is 18.2 Å². The first kappa shape index (κ1) is 13.3. The van der Waals surface area contributed by atoms with E-state index in [-0.39, 0.29) is 5.75 Å². The third-order valence-corrected chi connectivity index (χ3v) is 2.57. The van der Waals surface area contributed by atoms with E-state index in [0.717, 1.165) is 0 Å². The molecule has 0 radical (unpaired) electrons. The molecule has 3 rings (SSSR count). The summed E-state index contributed by atoms with van der Waals surface area (Å²) in [6, 6.07) is 4.65. The smallest absolute Gasteiger partial charge is 0.417 e. The van der Waals surface area contributed by atoms with Crippen LogP contribution in [-0.2, 0) is 6.18 Å². The summed E-state index contributed by atoms with van der Waals surface area (Å²) in [6.07, 6.45) is -4.17. The molecule has 2 heterocycles. The van der Waals surface area contributed by atoms with Crippen molar-refractivity contribution < 1.29 is 26.9 Å². The van der Waals surface area contributed by atoms with Crippen LogP contribution in [0.3, 0.4) is 0 Å². The van der Waals surface area contributed by atoms with Crippen LogP contribution < -0.4 is 4.74 Å². The highest BCUT2D eigenvalue weighted by Gasteiger charge is 2.32. The van der Waals surface area contributed by atoms with Crippen LogP contribution >= 0.6 is 0 Å². The number of rotatable bonds is 2. The number of alkyl halides is 3. The van der Waals surface area contributed by atoms with E-state index in [1.54, 1.807) is 0 Å². The molecule has 0 N–H and O–H groups in total. The zero-order valence-corrected chi connectivity index (χ0v) is 10.1. The minimum atomic E-state index is -4.67. The molecule has 0 fully saturated rings. The van der Waals surface area contributed by atoms with Crippen LogP contribution in [0.4, 0.5) is 17.6 Å². The number of ether oxygens (including phenoxy) is 1. The molecule has 108 valence electrons. The van der Waals surface area contributed by atoms with Gasteiger partial charge in [-0.25, -0.2) is 14.0 Å². The van der Waals surface area contributed by atoms with Crippen molar-refractivity contribution in [2.24, 2.45) is 0 Å². The predicted octanol–water partition coefficient (Wildman–Crippen LogP) is 3.57. The lowest BCUT2D eigenvalue weighted by molar-refractivity contribution is -0.138. The zero-order valence-electron chi connectivity index (χ0n) is 10.1. The number of hydrogen-bond acceptors (Lipinski definition) is 5. The number of pyridine rings is 1. The molecule has 0 aliphatic heterocycles. The molecule has 0 saturated heterocycles. The molecule has 1 aromatic carbocycles. The molecular weight excluding hydrogens is 294 g/mol. The van der Waals surface area contributed by atoms with Crippen molar-refractivity contribution in [3.8, 4) is 11.6 Å². The van der Waals surface area contributed by atoms with Crippen LogP contribution in [0.15, 0.2) is 35.1 Å². The van der Waals surface area contributed by atoms with Crippen molar-refractivity contribution in [1.29, 1.82) is 0 Å². The fourth-order valence-electron chi connectivity index (χ4n) is 1.59. The summed E-state index contributed by atoms with van der Waals surface area (Å²) in [4.78, 5) is 3.33. The standard InChI is InChI=1S/C12H5F4N3O2/c13-8-3-6(12(14,15)16)5-17-11(8)20-7-1-2-9-10(4-7)19-21-18-9/h1-5H. The Kier molecular flexibility index (Phi) is 2.96. The Bertz CT molecular complexity index is 801. The van der Waals surface area contributed by atoms with E-state index >= 15 is 0 Å². The third kappa shape index (κ3) is 2.62. The summed E-state index contributed by atoms with van der Waals surface area (Å²) in [6.45, 7) is 0. The van der Waals surface area contributed by atoms with Gasteiger partial charge in [0, 0.05) is 12.3 Å². The monoisotopic (exact) mass is 299 g/mol. The van der Waals surface area contributed by atoms with Gasteiger partial charge in [-0.15, -0.1) is 0 Å².